The van der Waals surface area contributed by atoms with E-state index in [2.05, 4.69) is 15.3 Å². The fourth-order valence-electron chi connectivity index (χ4n) is 1.89. The molecule has 0 radical (unpaired) electrons. The number of carbonyl (C=O) groups is 1. The van der Waals surface area contributed by atoms with Crippen molar-refractivity contribution in [2.45, 2.75) is 13.8 Å². The van der Waals surface area contributed by atoms with Crippen molar-refractivity contribution in [1.29, 1.82) is 0 Å². The second kappa shape index (κ2) is 7.04. The van der Waals surface area contributed by atoms with E-state index in [1.54, 1.807) is 17.0 Å². The molecule has 5 nitrogen and oxygen atoms in total. The third kappa shape index (κ3) is 3.92. The molecular weight excluding hydrogens is 288 g/mol. The van der Waals surface area contributed by atoms with Crippen LogP contribution in [0.1, 0.15) is 24.2 Å². The van der Waals surface area contributed by atoms with Crippen LogP contribution in [0.15, 0.2) is 36.7 Å². The number of nitrogens with one attached hydrogen (secondary N) is 1. The van der Waals surface area contributed by atoms with Crippen LogP contribution in [0.4, 0.5) is 11.6 Å². The molecule has 0 saturated heterocycles. The summed E-state index contributed by atoms with van der Waals surface area (Å²) in [4.78, 5) is 22.2. The maximum absolute atomic E-state index is 12.1. The molecule has 6 heteroatoms. The molecule has 0 atom stereocenters. The van der Waals surface area contributed by atoms with E-state index in [4.69, 9.17) is 11.6 Å². The normalized spacial score (nSPS) is 10.2. The number of amides is 1. The number of rotatable bonds is 5. The fraction of sp³-hybridized carbons (Fsp3) is 0.267. The zero-order valence-electron chi connectivity index (χ0n) is 12.0. The second-order valence-corrected chi connectivity index (χ2v) is 4.84. The highest BCUT2D eigenvalue weighted by Crippen LogP contribution is 2.17. The molecule has 1 aromatic carbocycles. The molecule has 1 aromatic heterocycles. The van der Waals surface area contributed by atoms with E-state index in [0.29, 0.717) is 29.6 Å². The first-order chi connectivity index (χ1) is 10.1. The SMILES string of the molecule is CCN(CC)C(=O)c1cnc(Nc2cccc(Cl)c2)nc1. The largest absolute Gasteiger partial charge is 0.339 e. The van der Waals surface area contributed by atoms with Crippen LogP contribution < -0.4 is 5.32 Å². The van der Waals surface area contributed by atoms with Crippen LogP contribution in [0.25, 0.3) is 0 Å². The smallest absolute Gasteiger partial charge is 0.256 e. The fourth-order valence-corrected chi connectivity index (χ4v) is 2.08. The minimum atomic E-state index is -0.0608. The van der Waals surface area contributed by atoms with E-state index in [0.717, 1.165) is 5.69 Å². The highest BCUT2D eigenvalue weighted by atomic mass is 35.5. The quantitative estimate of drug-likeness (QED) is 0.920. The Hall–Kier alpha value is -2.14. The molecule has 0 aliphatic heterocycles. The molecule has 21 heavy (non-hydrogen) atoms. The third-order valence-electron chi connectivity index (χ3n) is 3.03. The van der Waals surface area contributed by atoms with Crippen LogP contribution in [0.3, 0.4) is 0 Å². The number of anilines is 2. The molecule has 0 aliphatic carbocycles. The summed E-state index contributed by atoms with van der Waals surface area (Å²) in [6.07, 6.45) is 3.06. The van der Waals surface area contributed by atoms with E-state index in [9.17, 15) is 4.79 Å². The molecule has 0 spiro atoms. The first-order valence-electron chi connectivity index (χ1n) is 6.78. The monoisotopic (exact) mass is 304 g/mol. The van der Waals surface area contributed by atoms with Crippen molar-refractivity contribution in [1.82, 2.24) is 14.9 Å². The van der Waals surface area contributed by atoms with Crippen LogP contribution in [0, 0.1) is 0 Å². The summed E-state index contributed by atoms with van der Waals surface area (Å²) in [6, 6.07) is 7.27. The first-order valence-corrected chi connectivity index (χ1v) is 7.15. The molecule has 0 bridgehead atoms. The van der Waals surface area contributed by atoms with Crippen LogP contribution in [-0.2, 0) is 0 Å². The number of carbonyl (C=O) groups excluding carboxylic acids is 1. The summed E-state index contributed by atoms with van der Waals surface area (Å²) in [6.45, 7) is 5.21. The zero-order valence-corrected chi connectivity index (χ0v) is 12.8. The Morgan fingerprint density at radius 3 is 2.48 bits per heavy atom. The van der Waals surface area contributed by atoms with Crippen molar-refractivity contribution in [3.8, 4) is 0 Å². The van der Waals surface area contributed by atoms with Crippen molar-refractivity contribution in [2.24, 2.45) is 0 Å². The van der Waals surface area contributed by atoms with Gasteiger partial charge < -0.3 is 10.2 Å². The van der Waals surface area contributed by atoms with Gasteiger partial charge in [0.2, 0.25) is 5.95 Å². The average molecular weight is 305 g/mol. The predicted octanol–water partition coefficient (Wildman–Crippen LogP) is 3.36. The number of halogens is 1. The van der Waals surface area contributed by atoms with Crippen molar-refractivity contribution >= 4 is 29.1 Å². The average Bonchev–Trinajstić information content (AvgIpc) is 2.49. The Morgan fingerprint density at radius 2 is 1.90 bits per heavy atom. The van der Waals surface area contributed by atoms with Gasteiger partial charge in [0.1, 0.15) is 0 Å². The minimum Gasteiger partial charge on any atom is -0.339 e. The summed E-state index contributed by atoms with van der Waals surface area (Å²) >= 11 is 5.91. The molecule has 1 N–H and O–H groups in total. The van der Waals surface area contributed by atoms with Crippen LogP contribution in [0.5, 0.6) is 0 Å². The number of benzene rings is 1. The molecule has 2 aromatic rings. The van der Waals surface area contributed by atoms with E-state index in [-0.39, 0.29) is 5.91 Å². The lowest BCUT2D eigenvalue weighted by Crippen LogP contribution is -2.30. The summed E-state index contributed by atoms with van der Waals surface area (Å²) in [5.74, 6) is 0.364. The topological polar surface area (TPSA) is 58.1 Å². The molecule has 0 unspecified atom stereocenters. The van der Waals surface area contributed by atoms with Gasteiger partial charge in [0.05, 0.1) is 5.56 Å². The van der Waals surface area contributed by atoms with Gasteiger partial charge in [-0.1, -0.05) is 17.7 Å². The lowest BCUT2D eigenvalue weighted by molar-refractivity contribution is 0.0772. The Labute approximate surface area is 129 Å². The van der Waals surface area contributed by atoms with E-state index >= 15 is 0 Å². The molecular formula is C15H17ClN4O. The van der Waals surface area contributed by atoms with Crippen molar-refractivity contribution < 1.29 is 4.79 Å². The lowest BCUT2D eigenvalue weighted by Gasteiger charge is -2.18. The molecule has 0 saturated carbocycles. The maximum atomic E-state index is 12.1. The summed E-state index contributed by atoms with van der Waals surface area (Å²) in [7, 11) is 0. The second-order valence-electron chi connectivity index (χ2n) is 4.41. The van der Waals surface area contributed by atoms with Gasteiger partial charge in [-0.05, 0) is 32.0 Å². The van der Waals surface area contributed by atoms with Gasteiger partial charge >= 0.3 is 0 Å². The van der Waals surface area contributed by atoms with Crippen molar-refractivity contribution in [3.63, 3.8) is 0 Å². The highest BCUT2D eigenvalue weighted by Gasteiger charge is 2.13. The number of nitrogens with zero attached hydrogens (tertiary/aromatic N) is 3. The van der Waals surface area contributed by atoms with E-state index in [1.807, 2.05) is 26.0 Å². The van der Waals surface area contributed by atoms with Gasteiger partial charge in [0, 0.05) is 36.2 Å². The van der Waals surface area contributed by atoms with Gasteiger partial charge in [-0.25, -0.2) is 9.97 Å². The standard InChI is InChI=1S/C15H17ClN4O/c1-3-20(4-2)14(21)11-9-17-15(18-10-11)19-13-7-5-6-12(16)8-13/h5-10H,3-4H2,1-2H3,(H,17,18,19). The maximum Gasteiger partial charge on any atom is 0.256 e. The summed E-state index contributed by atoms with van der Waals surface area (Å²) in [5.41, 5.74) is 1.28. The van der Waals surface area contributed by atoms with Crippen LogP contribution >= 0.6 is 11.6 Å². The third-order valence-corrected chi connectivity index (χ3v) is 3.27. The van der Waals surface area contributed by atoms with Gasteiger partial charge in [-0.2, -0.15) is 0 Å². The van der Waals surface area contributed by atoms with Crippen molar-refractivity contribution in [2.75, 3.05) is 18.4 Å². The molecule has 2 rings (SSSR count). The Bertz CT molecular complexity index is 611. The Morgan fingerprint density at radius 1 is 1.24 bits per heavy atom. The first kappa shape index (κ1) is 15.3. The molecule has 1 amide bonds. The number of hydrogen-bond acceptors (Lipinski definition) is 4. The van der Waals surface area contributed by atoms with Gasteiger partial charge in [-0.3, -0.25) is 4.79 Å². The summed E-state index contributed by atoms with van der Waals surface area (Å²) in [5, 5.41) is 3.67. The lowest BCUT2D eigenvalue weighted by atomic mass is 10.3. The van der Waals surface area contributed by atoms with Crippen LogP contribution in [0.2, 0.25) is 5.02 Å². The van der Waals surface area contributed by atoms with Gasteiger partial charge in [-0.15, -0.1) is 0 Å². The number of hydrogen-bond donors (Lipinski definition) is 1. The van der Waals surface area contributed by atoms with Gasteiger partial charge in [0.25, 0.3) is 5.91 Å². The number of aromatic nitrogens is 2. The summed E-state index contributed by atoms with van der Waals surface area (Å²) < 4.78 is 0. The molecule has 0 fully saturated rings. The van der Waals surface area contributed by atoms with E-state index in [1.165, 1.54) is 12.4 Å². The van der Waals surface area contributed by atoms with Crippen molar-refractivity contribution in [3.05, 3.63) is 47.2 Å². The zero-order chi connectivity index (χ0) is 15.2. The molecule has 0 aliphatic rings. The van der Waals surface area contributed by atoms with Crippen LogP contribution in [-0.4, -0.2) is 33.9 Å². The minimum absolute atomic E-state index is 0.0608. The Balaban J connectivity index is 2.10. The van der Waals surface area contributed by atoms with E-state index < -0.39 is 0 Å². The molecule has 110 valence electrons. The van der Waals surface area contributed by atoms with Gasteiger partial charge in [0.15, 0.2) is 0 Å². The molecule has 1 heterocycles. The highest BCUT2D eigenvalue weighted by molar-refractivity contribution is 6.30. The predicted molar refractivity (Wildman–Crippen MR) is 84.0 cm³/mol. The Kier molecular flexibility index (Phi) is 5.11.